The maximum absolute atomic E-state index is 4.70. The number of aromatic nitrogens is 4. The van der Waals surface area contributed by atoms with Crippen LogP contribution in [0.25, 0.3) is 11.2 Å². The van der Waals surface area contributed by atoms with Gasteiger partial charge < -0.3 is 10.2 Å². The van der Waals surface area contributed by atoms with Crippen molar-refractivity contribution in [3.05, 3.63) is 72.1 Å². The van der Waals surface area contributed by atoms with E-state index in [0.29, 0.717) is 12.5 Å². The summed E-state index contributed by atoms with van der Waals surface area (Å²) >= 11 is 0. The van der Waals surface area contributed by atoms with Crippen molar-refractivity contribution >= 4 is 23.3 Å². The Kier molecular flexibility index (Phi) is 7.29. The number of pyridine rings is 1. The summed E-state index contributed by atoms with van der Waals surface area (Å²) in [4.78, 5) is 20.6. The molecule has 0 spiro atoms. The third-order valence-electron chi connectivity index (χ3n) is 6.22. The van der Waals surface area contributed by atoms with Gasteiger partial charge in [0.05, 0.1) is 5.69 Å². The Morgan fingerprint density at radius 2 is 2.06 bits per heavy atom. The number of imidazole rings is 1. The molecule has 4 heterocycles. The van der Waals surface area contributed by atoms with Gasteiger partial charge in [-0.3, -0.25) is 14.4 Å². The van der Waals surface area contributed by atoms with Crippen LogP contribution in [0.4, 0.5) is 5.82 Å². The van der Waals surface area contributed by atoms with Crippen molar-refractivity contribution in [3.8, 4) is 0 Å². The highest BCUT2D eigenvalue weighted by molar-refractivity contribution is 5.88. The third-order valence-corrected chi connectivity index (χ3v) is 6.22. The van der Waals surface area contributed by atoms with E-state index in [1.807, 2.05) is 50.1 Å². The summed E-state index contributed by atoms with van der Waals surface area (Å²) in [6.45, 7) is 11.6. The molecule has 7 heteroatoms. The minimum absolute atomic E-state index is 0.542. The van der Waals surface area contributed by atoms with Gasteiger partial charge in [0.25, 0.3) is 0 Å². The van der Waals surface area contributed by atoms with E-state index in [1.54, 1.807) is 0 Å². The Morgan fingerprint density at radius 3 is 2.79 bits per heavy atom. The van der Waals surface area contributed by atoms with E-state index in [9.17, 15) is 0 Å². The molecule has 0 aliphatic carbocycles. The molecule has 0 aromatic carbocycles. The molecule has 172 valence electrons. The van der Waals surface area contributed by atoms with E-state index >= 15 is 0 Å². The average molecular weight is 444 g/mol. The molecule has 0 radical (unpaired) electrons. The van der Waals surface area contributed by atoms with Crippen LogP contribution in [0.2, 0.25) is 0 Å². The van der Waals surface area contributed by atoms with Crippen LogP contribution in [0.1, 0.15) is 48.2 Å². The fraction of sp³-hybridized carbons (Fsp3) is 0.385. The molecule has 0 unspecified atom stereocenters. The van der Waals surface area contributed by atoms with E-state index in [0.717, 1.165) is 66.3 Å². The predicted molar refractivity (Wildman–Crippen MR) is 136 cm³/mol. The SMILES string of the molecule is C=C/C(=C\C=N/CC)c1ncc(CNc2nccn3c(C4CCN(C)CC4)cnc23)cc1C. The average Bonchev–Trinajstić information content (AvgIpc) is 3.26. The van der Waals surface area contributed by atoms with Gasteiger partial charge in [-0.25, -0.2) is 9.97 Å². The molecule has 1 aliphatic heterocycles. The summed E-state index contributed by atoms with van der Waals surface area (Å²) < 4.78 is 2.19. The summed E-state index contributed by atoms with van der Waals surface area (Å²) in [5, 5.41) is 3.46. The van der Waals surface area contributed by atoms with Gasteiger partial charge in [0, 0.05) is 61.3 Å². The molecule has 0 atom stereocenters. The van der Waals surface area contributed by atoms with Gasteiger partial charge in [-0.1, -0.05) is 18.7 Å². The van der Waals surface area contributed by atoms with E-state index in [1.165, 1.54) is 5.69 Å². The van der Waals surface area contributed by atoms with Crippen LogP contribution < -0.4 is 5.32 Å². The van der Waals surface area contributed by atoms with Crippen molar-refractivity contribution in [1.82, 2.24) is 24.3 Å². The van der Waals surface area contributed by atoms with E-state index < -0.39 is 0 Å². The number of aryl methyl sites for hydroxylation is 1. The molecule has 7 nitrogen and oxygen atoms in total. The Balaban J connectivity index is 1.50. The highest BCUT2D eigenvalue weighted by Crippen LogP contribution is 2.29. The highest BCUT2D eigenvalue weighted by atomic mass is 15.1. The largest absolute Gasteiger partial charge is 0.363 e. The summed E-state index contributed by atoms with van der Waals surface area (Å²) in [5.74, 6) is 1.33. The topological polar surface area (TPSA) is 70.7 Å². The molecule has 0 saturated carbocycles. The van der Waals surface area contributed by atoms with Crippen LogP contribution in [0.15, 0.2) is 54.6 Å². The number of likely N-dealkylation sites (tertiary alicyclic amines) is 1. The lowest BCUT2D eigenvalue weighted by molar-refractivity contribution is 0.253. The van der Waals surface area contributed by atoms with Crippen LogP contribution in [0, 0.1) is 6.92 Å². The molecule has 3 aromatic heterocycles. The zero-order chi connectivity index (χ0) is 23.2. The molecule has 4 rings (SSSR count). The van der Waals surface area contributed by atoms with Crippen molar-refractivity contribution in [2.45, 2.75) is 39.2 Å². The first-order valence-electron chi connectivity index (χ1n) is 11.6. The van der Waals surface area contributed by atoms with Gasteiger partial charge in [-0.2, -0.15) is 0 Å². The van der Waals surface area contributed by atoms with Gasteiger partial charge in [0.1, 0.15) is 0 Å². The van der Waals surface area contributed by atoms with Gasteiger partial charge in [0.2, 0.25) is 0 Å². The Hall–Kier alpha value is -3.32. The van der Waals surface area contributed by atoms with Crippen LogP contribution in [-0.4, -0.2) is 57.1 Å². The molecule has 1 aliphatic rings. The van der Waals surface area contributed by atoms with E-state index in [4.69, 9.17) is 4.98 Å². The zero-order valence-corrected chi connectivity index (χ0v) is 19.8. The van der Waals surface area contributed by atoms with Gasteiger partial charge in [0.15, 0.2) is 11.5 Å². The lowest BCUT2D eigenvalue weighted by atomic mass is 9.94. The maximum atomic E-state index is 4.70. The second kappa shape index (κ2) is 10.5. The first-order valence-corrected chi connectivity index (χ1v) is 11.6. The van der Waals surface area contributed by atoms with Gasteiger partial charge >= 0.3 is 0 Å². The number of hydrogen-bond donors (Lipinski definition) is 1. The van der Waals surface area contributed by atoms with Crippen LogP contribution >= 0.6 is 0 Å². The van der Waals surface area contributed by atoms with Gasteiger partial charge in [-0.15, -0.1) is 0 Å². The molecule has 1 fully saturated rings. The number of rotatable bonds is 8. The number of hydrogen-bond acceptors (Lipinski definition) is 6. The summed E-state index contributed by atoms with van der Waals surface area (Å²) in [6, 6.07) is 2.15. The Morgan fingerprint density at radius 1 is 1.24 bits per heavy atom. The van der Waals surface area contributed by atoms with Crippen molar-refractivity contribution in [3.63, 3.8) is 0 Å². The van der Waals surface area contributed by atoms with E-state index in [2.05, 4.69) is 56.2 Å². The predicted octanol–water partition coefficient (Wildman–Crippen LogP) is 4.51. The fourth-order valence-electron chi connectivity index (χ4n) is 4.37. The molecule has 3 aromatic rings. The molecule has 0 amide bonds. The number of piperidine rings is 1. The minimum Gasteiger partial charge on any atom is -0.363 e. The van der Waals surface area contributed by atoms with Crippen LogP contribution in [-0.2, 0) is 6.54 Å². The third kappa shape index (κ3) is 5.20. The number of nitrogens with one attached hydrogen (secondary N) is 1. The number of allylic oxidation sites excluding steroid dienone is 3. The van der Waals surface area contributed by atoms with Crippen LogP contribution in [0.3, 0.4) is 0 Å². The fourth-order valence-corrected chi connectivity index (χ4v) is 4.37. The second-order valence-electron chi connectivity index (χ2n) is 8.57. The smallest absolute Gasteiger partial charge is 0.180 e. The van der Waals surface area contributed by atoms with E-state index in [-0.39, 0.29) is 0 Å². The maximum Gasteiger partial charge on any atom is 0.180 e. The summed E-state index contributed by atoms with van der Waals surface area (Å²) in [7, 11) is 2.19. The minimum atomic E-state index is 0.542. The first-order chi connectivity index (χ1) is 16.1. The molecular formula is C26H33N7. The van der Waals surface area contributed by atoms with Crippen molar-refractivity contribution in [2.75, 3.05) is 32.0 Å². The quantitative estimate of drug-likeness (QED) is 0.410. The summed E-state index contributed by atoms with van der Waals surface area (Å²) in [6.07, 6.45) is 15.7. The second-order valence-corrected chi connectivity index (χ2v) is 8.57. The number of nitrogens with zero attached hydrogens (tertiary/aromatic N) is 6. The van der Waals surface area contributed by atoms with Crippen molar-refractivity contribution in [2.24, 2.45) is 4.99 Å². The Labute approximate surface area is 196 Å². The Bertz CT molecular complexity index is 1170. The molecule has 0 bridgehead atoms. The number of aliphatic imine (C=N–C) groups is 1. The zero-order valence-electron chi connectivity index (χ0n) is 19.8. The summed E-state index contributed by atoms with van der Waals surface area (Å²) in [5.41, 5.74) is 6.23. The molecular weight excluding hydrogens is 410 g/mol. The number of fused-ring (bicyclic) bond motifs is 1. The molecule has 33 heavy (non-hydrogen) atoms. The monoisotopic (exact) mass is 443 g/mol. The standard InChI is InChI=1S/C26H33N7/c1-5-21(7-10-27-6-2)24-19(3)15-20(16-29-24)17-30-25-26-31-18-23(33(26)14-11-28-25)22-8-12-32(4)13-9-22/h5,7,10-11,14-16,18,22H,1,6,8-9,12-13,17H2,2-4H3,(H,28,30)/b21-7+,27-10-. The van der Waals surface area contributed by atoms with Crippen molar-refractivity contribution < 1.29 is 0 Å². The molecule has 1 N–H and O–H groups in total. The van der Waals surface area contributed by atoms with Crippen LogP contribution in [0.5, 0.6) is 0 Å². The van der Waals surface area contributed by atoms with Crippen molar-refractivity contribution in [1.29, 1.82) is 0 Å². The lowest BCUT2D eigenvalue weighted by Crippen LogP contribution is -2.29. The molecule has 1 saturated heterocycles. The number of anilines is 1. The van der Waals surface area contributed by atoms with Gasteiger partial charge in [-0.05, 0) is 64.0 Å². The normalized spacial score (nSPS) is 16.0. The first kappa shape index (κ1) is 22.9. The highest BCUT2D eigenvalue weighted by Gasteiger charge is 2.22. The lowest BCUT2D eigenvalue weighted by Gasteiger charge is -2.28.